The number of piperazine rings is 1. The maximum absolute atomic E-state index is 12.6. The zero-order valence-corrected chi connectivity index (χ0v) is 17.4. The minimum Gasteiger partial charge on any atom is -0.353 e. The summed E-state index contributed by atoms with van der Waals surface area (Å²) in [7, 11) is 0. The number of hydrogen-bond donors (Lipinski definition) is 0. The Bertz CT molecular complexity index is 811. The average molecular weight is 394 g/mol. The monoisotopic (exact) mass is 393 g/mol. The van der Waals surface area contributed by atoms with Crippen molar-refractivity contribution in [2.75, 3.05) is 49.1 Å². The zero-order chi connectivity index (χ0) is 20.1. The van der Waals surface area contributed by atoms with Gasteiger partial charge in [0.2, 0.25) is 11.9 Å². The Morgan fingerprint density at radius 3 is 2.34 bits per heavy atom. The van der Waals surface area contributed by atoms with E-state index in [2.05, 4.69) is 33.0 Å². The fourth-order valence-electron chi connectivity index (χ4n) is 4.17. The van der Waals surface area contributed by atoms with Crippen LogP contribution in [0.4, 0.5) is 11.8 Å². The number of rotatable bonds is 5. The molecule has 1 aromatic heterocycles. The second-order valence-corrected chi connectivity index (χ2v) is 8.07. The lowest BCUT2D eigenvalue weighted by Gasteiger charge is -2.36. The Morgan fingerprint density at radius 2 is 1.62 bits per heavy atom. The third kappa shape index (κ3) is 5.05. The minimum absolute atomic E-state index is 0.251. The normalized spacial score (nSPS) is 17.5. The van der Waals surface area contributed by atoms with Crippen molar-refractivity contribution in [1.82, 2.24) is 14.9 Å². The molecule has 6 nitrogen and oxygen atoms in total. The molecule has 6 heteroatoms. The number of piperidine rings is 1. The average Bonchev–Trinajstić information content (AvgIpc) is 2.78. The summed E-state index contributed by atoms with van der Waals surface area (Å²) in [5.41, 5.74) is 2.23. The second kappa shape index (κ2) is 9.25. The van der Waals surface area contributed by atoms with Gasteiger partial charge in [0.05, 0.1) is 0 Å². The van der Waals surface area contributed by atoms with E-state index in [1.807, 2.05) is 30.0 Å². The van der Waals surface area contributed by atoms with Crippen molar-refractivity contribution in [3.8, 4) is 0 Å². The lowest BCUT2D eigenvalue weighted by atomic mass is 10.1. The van der Waals surface area contributed by atoms with Crippen LogP contribution in [0.1, 0.15) is 36.9 Å². The van der Waals surface area contributed by atoms with E-state index in [4.69, 9.17) is 4.98 Å². The van der Waals surface area contributed by atoms with Crippen molar-refractivity contribution in [3.05, 3.63) is 47.7 Å². The van der Waals surface area contributed by atoms with Gasteiger partial charge in [-0.05, 0) is 38.2 Å². The fourth-order valence-corrected chi connectivity index (χ4v) is 4.17. The molecule has 2 fully saturated rings. The maximum Gasteiger partial charge on any atom is 0.227 e. The molecule has 0 unspecified atom stereocenters. The van der Waals surface area contributed by atoms with Crippen LogP contribution in [0.5, 0.6) is 0 Å². The highest BCUT2D eigenvalue weighted by Gasteiger charge is 2.23. The third-order valence-electron chi connectivity index (χ3n) is 5.89. The molecule has 0 aliphatic carbocycles. The van der Waals surface area contributed by atoms with Crippen LogP contribution < -0.4 is 9.80 Å². The number of anilines is 2. The number of carbonyl (C=O) groups is 1. The van der Waals surface area contributed by atoms with E-state index in [-0.39, 0.29) is 5.91 Å². The Kier molecular flexibility index (Phi) is 6.27. The number of benzene rings is 1. The molecule has 0 saturated carbocycles. The Hall–Kier alpha value is -2.63. The van der Waals surface area contributed by atoms with E-state index in [1.54, 1.807) is 0 Å². The largest absolute Gasteiger partial charge is 0.353 e. The van der Waals surface area contributed by atoms with Gasteiger partial charge in [0.15, 0.2) is 0 Å². The molecule has 29 heavy (non-hydrogen) atoms. The van der Waals surface area contributed by atoms with Gasteiger partial charge in [-0.25, -0.2) is 4.98 Å². The van der Waals surface area contributed by atoms with E-state index in [1.165, 1.54) is 24.8 Å². The molecule has 1 aromatic carbocycles. The van der Waals surface area contributed by atoms with Crippen molar-refractivity contribution in [1.29, 1.82) is 0 Å². The van der Waals surface area contributed by atoms with Crippen molar-refractivity contribution in [2.24, 2.45) is 0 Å². The van der Waals surface area contributed by atoms with Crippen molar-refractivity contribution >= 4 is 17.7 Å². The number of aryl methyl sites for hydroxylation is 2. The standard InChI is InChI=1S/C23H31N5O/c1-19-18-21(25-23(24-19)28-12-6-3-7-13-28)26-14-16-27(17-15-26)22(29)11-10-20-8-4-2-5-9-20/h2,4-5,8-9,18H,3,6-7,10-17H2,1H3. The van der Waals surface area contributed by atoms with Gasteiger partial charge in [0.1, 0.15) is 5.82 Å². The van der Waals surface area contributed by atoms with Gasteiger partial charge in [0, 0.05) is 57.4 Å². The quantitative estimate of drug-likeness (QED) is 0.781. The molecule has 0 atom stereocenters. The Labute approximate surface area is 173 Å². The molecule has 4 rings (SSSR count). The van der Waals surface area contributed by atoms with Gasteiger partial charge in [-0.15, -0.1) is 0 Å². The van der Waals surface area contributed by atoms with Gasteiger partial charge in [-0.1, -0.05) is 30.3 Å². The van der Waals surface area contributed by atoms with Crippen LogP contribution in [0.15, 0.2) is 36.4 Å². The highest BCUT2D eigenvalue weighted by atomic mass is 16.2. The van der Waals surface area contributed by atoms with Crippen molar-refractivity contribution in [3.63, 3.8) is 0 Å². The molecule has 2 aliphatic rings. The molecular weight excluding hydrogens is 362 g/mol. The summed E-state index contributed by atoms with van der Waals surface area (Å²) >= 11 is 0. The SMILES string of the molecule is Cc1cc(N2CCN(C(=O)CCc3ccccc3)CC2)nc(N2CCCCC2)n1. The van der Waals surface area contributed by atoms with E-state index in [0.717, 1.165) is 63.1 Å². The molecule has 0 bridgehead atoms. The van der Waals surface area contributed by atoms with Gasteiger partial charge >= 0.3 is 0 Å². The van der Waals surface area contributed by atoms with Crippen molar-refractivity contribution < 1.29 is 4.79 Å². The topological polar surface area (TPSA) is 52.6 Å². The van der Waals surface area contributed by atoms with Crippen LogP contribution in [-0.2, 0) is 11.2 Å². The van der Waals surface area contributed by atoms with E-state index in [9.17, 15) is 4.79 Å². The zero-order valence-electron chi connectivity index (χ0n) is 17.4. The molecular formula is C23H31N5O. The Balaban J connectivity index is 1.33. The smallest absolute Gasteiger partial charge is 0.227 e. The van der Waals surface area contributed by atoms with Crippen molar-refractivity contribution in [2.45, 2.75) is 39.0 Å². The predicted molar refractivity (Wildman–Crippen MR) is 116 cm³/mol. The molecule has 1 amide bonds. The van der Waals surface area contributed by atoms with Crippen LogP contribution >= 0.6 is 0 Å². The number of carbonyl (C=O) groups excluding carboxylic acids is 1. The summed E-state index contributed by atoms with van der Waals surface area (Å²) in [4.78, 5) is 28.7. The first-order valence-corrected chi connectivity index (χ1v) is 10.9. The van der Waals surface area contributed by atoms with Crippen LogP contribution in [0, 0.1) is 6.92 Å². The lowest BCUT2D eigenvalue weighted by molar-refractivity contribution is -0.131. The first-order chi connectivity index (χ1) is 14.2. The van der Waals surface area contributed by atoms with Crippen LogP contribution in [-0.4, -0.2) is 60.0 Å². The summed E-state index contributed by atoms with van der Waals surface area (Å²) in [6.45, 7) is 7.31. The second-order valence-electron chi connectivity index (χ2n) is 8.07. The van der Waals surface area contributed by atoms with Gasteiger partial charge in [-0.2, -0.15) is 4.98 Å². The molecule has 0 spiro atoms. The third-order valence-corrected chi connectivity index (χ3v) is 5.89. The molecule has 0 radical (unpaired) electrons. The summed E-state index contributed by atoms with van der Waals surface area (Å²) in [6.07, 6.45) is 5.13. The van der Waals surface area contributed by atoms with E-state index >= 15 is 0 Å². The van der Waals surface area contributed by atoms with E-state index in [0.29, 0.717) is 6.42 Å². The van der Waals surface area contributed by atoms with E-state index < -0.39 is 0 Å². The molecule has 2 saturated heterocycles. The highest BCUT2D eigenvalue weighted by molar-refractivity contribution is 5.76. The van der Waals surface area contributed by atoms with Gasteiger partial charge < -0.3 is 14.7 Å². The number of hydrogen-bond acceptors (Lipinski definition) is 5. The van der Waals surface area contributed by atoms with Crippen LogP contribution in [0.3, 0.4) is 0 Å². The Morgan fingerprint density at radius 1 is 0.897 bits per heavy atom. The van der Waals surface area contributed by atoms with Crippen LogP contribution in [0.2, 0.25) is 0 Å². The predicted octanol–water partition coefficient (Wildman–Crippen LogP) is 3.06. The summed E-state index contributed by atoms with van der Waals surface area (Å²) in [6, 6.07) is 12.3. The molecule has 2 aromatic rings. The highest BCUT2D eigenvalue weighted by Crippen LogP contribution is 2.22. The number of nitrogens with zero attached hydrogens (tertiary/aromatic N) is 5. The molecule has 3 heterocycles. The first-order valence-electron chi connectivity index (χ1n) is 10.9. The molecule has 154 valence electrons. The molecule has 0 N–H and O–H groups in total. The summed E-state index contributed by atoms with van der Waals surface area (Å²) in [5, 5.41) is 0. The lowest BCUT2D eigenvalue weighted by Crippen LogP contribution is -2.49. The fraction of sp³-hybridized carbons (Fsp3) is 0.522. The maximum atomic E-state index is 12.6. The van der Waals surface area contributed by atoms with Crippen LogP contribution in [0.25, 0.3) is 0 Å². The summed E-state index contributed by atoms with van der Waals surface area (Å²) in [5.74, 6) is 2.11. The number of aromatic nitrogens is 2. The number of amides is 1. The van der Waals surface area contributed by atoms with Gasteiger partial charge in [0.25, 0.3) is 0 Å². The van der Waals surface area contributed by atoms with Gasteiger partial charge in [-0.3, -0.25) is 4.79 Å². The summed E-state index contributed by atoms with van der Waals surface area (Å²) < 4.78 is 0. The molecule has 2 aliphatic heterocycles. The minimum atomic E-state index is 0.251. The first kappa shape index (κ1) is 19.7.